The van der Waals surface area contributed by atoms with E-state index in [0.717, 1.165) is 39.5 Å². The van der Waals surface area contributed by atoms with Gasteiger partial charge < -0.3 is 11.1 Å². The summed E-state index contributed by atoms with van der Waals surface area (Å²) in [6.07, 6.45) is -4.05. The molecule has 2 aromatic carbocycles. The van der Waals surface area contributed by atoms with Crippen LogP contribution in [0.25, 0.3) is 33.8 Å². The summed E-state index contributed by atoms with van der Waals surface area (Å²) in [4.78, 5) is 4.72. The molecule has 5 nitrogen and oxygen atoms in total. The van der Waals surface area contributed by atoms with Crippen molar-refractivity contribution in [2.45, 2.75) is 13.1 Å². The van der Waals surface area contributed by atoms with Gasteiger partial charge in [-0.15, -0.1) is 0 Å². The molecule has 0 amide bonds. The Morgan fingerprint density at radius 1 is 0.879 bits per heavy atom. The Bertz CT molecular complexity index is 1350. The SMILES string of the molecule is Cc1cc(-c2cccc(-c3cccc(-c4cccc(C(=N)C=C(N)C(F)(F)F)c4)c3)n2)n[nH]1. The quantitative estimate of drug-likeness (QED) is 0.333. The number of nitrogens with zero attached hydrogens (tertiary/aromatic N) is 2. The number of nitrogens with one attached hydrogen (secondary N) is 2. The van der Waals surface area contributed by atoms with E-state index in [1.54, 1.807) is 18.2 Å². The molecule has 33 heavy (non-hydrogen) atoms. The zero-order valence-corrected chi connectivity index (χ0v) is 17.6. The number of benzene rings is 2. The third-order valence-corrected chi connectivity index (χ3v) is 5.01. The second kappa shape index (κ2) is 8.74. The van der Waals surface area contributed by atoms with Crippen molar-refractivity contribution in [1.82, 2.24) is 15.2 Å². The summed E-state index contributed by atoms with van der Waals surface area (Å²) in [7, 11) is 0. The molecule has 0 bridgehead atoms. The van der Waals surface area contributed by atoms with Crippen molar-refractivity contribution >= 4 is 5.71 Å². The molecule has 0 fully saturated rings. The largest absolute Gasteiger partial charge is 0.430 e. The lowest BCUT2D eigenvalue weighted by atomic mass is 9.98. The van der Waals surface area contributed by atoms with Gasteiger partial charge in [0.2, 0.25) is 0 Å². The van der Waals surface area contributed by atoms with Crippen molar-refractivity contribution in [3.63, 3.8) is 0 Å². The minimum absolute atomic E-state index is 0.313. The van der Waals surface area contributed by atoms with Crippen LogP contribution in [0.4, 0.5) is 13.2 Å². The molecule has 4 N–H and O–H groups in total. The Labute approximate surface area is 188 Å². The summed E-state index contributed by atoms with van der Waals surface area (Å²) < 4.78 is 38.1. The Morgan fingerprint density at radius 3 is 2.21 bits per heavy atom. The number of hydrogen-bond donors (Lipinski definition) is 3. The van der Waals surface area contributed by atoms with Gasteiger partial charge in [0, 0.05) is 16.8 Å². The number of hydrogen-bond acceptors (Lipinski definition) is 4. The summed E-state index contributed by atoms with van der Waals surface area (Å²) in [5, 5.41) is 15.2. The Balaban J connectivity index is 1.66. The molecule has 0 aliphatic rings. The number of H-pyrrole nitrogens is 1. The van der Waals surface area contributed by atoms with Gasteiger partial charge in [0.05, 0.1) is 17.1 Å². The maximum Gasteiger partial charge on any atom is 0.430 e. The predicted molar refractivity (Wildman–Crippen MR) is 123 cm³/mol. The van der Waals surface area contributed by atoms with Gasteiger partial charge in [-0.1, -0.05) is 42.5 Å². The lowest BCUT2D eigenvalue weighted by molar-refractivity contribution is -0.0925. The zero-order chi connectivity index (χ0) is 23.6. The van der Waals surface area contributed by atoms with Gasteiger partial charge in [0.15, 0.2) is 0 Å². The minimum atomic E-state index is -4.67. The molecule has 0 atom stereocenters. The summed E-state index contributed by atoms with van der Waals surface area (Å²) in [5.74, 6) is 0. The van der Waals surface area contributed by atoms with E-state index in [0.29, 0.717) is 11.6 Å². The standard InChI is InChI=1S/C25H20F3N5/c1-15-11-23(33-32-15)22-10-4-9-21(31-22)19-8-3-6-17(13-19)16-5-2-7-18(12-16)20(29)14-24(30)25(26,27)28/h2-14,29H,30H2,1H3,(H,32,33). The average molecular weight is 447 g/mol. The van der Waals surface area contributed by atoms with Crippen molar-refractivity contribution in [2.75, 3.05) is 0 Å². The molecule has 0 aliphatic carbocycles. The third kappa shape index (κ3) is 5.01. The molecular formula is C25H20F3N5. The monoisotopic (exact) mass is 447 g/mol. The van der Waals surface area contributed by atoms with Crippen molar-refractivity contribution in [3.05, 3.63) is 95.8 Å². The molecule has 0 radical (unpaired) electrons. The van der Waals surface area contributed by atoms with Crippen molar-refractivity contribution in [2.24, 2.45) is 5.73 Å². The smallest absolute Gasteiger partial charge is 0.395 e. The van der Waals surface area contributed by atoms with E-state index in [-0.39, 0.29) is 5.71 Å². The van der Waals surface area contributed by atoms with Crippen molar-refractivity contribution in [1.29, 1.82) is 5.41 Å². The number of rotatable bonds is 5. The second-order valence-electron chi connectivity index (χ2n) is 7.52. The Hall–Kier alpha value is -4.20. The van der Waals surface area contributed by atoms with Gasteiger partial charge in [-0.2, -0.15) is 18.3 Å². The Morgan fingerprint density at radius 2 is 1.52 bits per heavy atom. The first kappa shape index (κ1) is 22.0. The summed E-state index contributed by atoms with van der Waals surface area (Å²) in [6.45, 7) is 1.92. The lowest BCUT2D eigenvalue weighted by Crippen LogP contribution is -2.20. The molecule has 166 valence electrons. The molecule has 4 aromatic rings. The number of pyridine rings is 1. The van der Waals surface area contributed by atoms with E-state index < -0.39 is 11.9 Å². The normalized spacial score (nSPS) is 12.1. The first-order chi connectivity index (χ1) is 15.7. The van der Waals surface area contributed by atoms with Crippen LogP contribution in [0, 0.1) is 12.3 Å². The van der Waals surface area contributed by atoms with Crippen LogP contribution in [0.5, 0.6) is 0 Å². The van der Waals surface area contributed by atoms with E-state index >= 15 is 0 Å². The highest BCUT2D eigenvalue weighted by atomic mass is 19.4. The van der Waals surface area contributed by atoms with E-state index in [1.807, 2.05) is 61.5 Å². The number of aryl methyl sites for hydroxylation is 1. The average Bonchev–Trinajstić information content (AvgIpc) is 3.25. The van der Waals surface area contributed by atoms with Crippen LogP contribution in [0.3, 0.4) is 0 Å². The van der Waals surface area contributed by atoms with Crippen LogP contribution >= 0.6 is 0 Å². The fraction of sp³-hybridized carbons (Fsp3) is 0.0800. The topological polar surface area (TPSA) is 91.4 Å². The van der Waals surface area contributed by atoms with Gasteiger partial charge in [0.1, 0.15) is 11.4 Å². The first-order valence-electron chi connectivity index (χ1n) is 10.0. The van der Waals surface area contributed by atoms with Crippen LogP contribution in [0.2, 0.25) is 0 Å². The number of halogens is 3. The number of nitrogens with two attached hydrogens (primary N) is 1. The lowest BCUT2D eigenvalue weighted by Gasteiger charge is -2.09. The fourth-order valence-electron chi connectivity index (χ4n) is 3.33. The Kier molecular flexibility index (Phi) is 5.83. The maximum absolute atomic E-state index is 12.7. The first-order valence-corrected chi connectivity index (χ1v) is 10.0. The highest BCUT2D eigenvalue weighted by Crippen LogP contribution is 2.28. The molecule has 2 aromatic heterocycles. The van der Waals surface area contributed by atoms with E-state index in [9.17, 15) is 13.2 Å². The molecule has 0 saturated carbocycles. The molecule has 8 heteroatoms. The van der Waals surface area contributed by atoms with Crippen LogP contribution in [-0.2, 0) is 0 Å². The van der Waals surface area contributed by atoms with Crippen LogP contribution in [0.15, 0.2) is 84.6 Å². The summed E-state index contributed by atoms with van der Waals surface area (Å²) >= 11 is 0. The number of alkyl halides is 3. The van der Waals surface area contributed by atoms with Crippen molar-refractivity contribution < 1.29 is 13.2 Å². The van der Waals surface area contributed by atoms with Crippen LogP contribution in [0.1, 0.15) is 11.3 Å². The number of aromatic amines is 1. The van der Waals surface area contributed by atoms with Gasteiger partial charge in [-0.25, -0.2) is 4.98 Å². The molecule has 0 spiro atoms. The van der Waals surface area contributed by atoms with E-state index in [1.165, 1.54) is 0 Å². The van der Waals surface area contributed by atoms with E-state index in [2.05, 4.69) is 10.2 Å². The van der Waals surface area contributed by atoms with Gasteiger partial charge in [-0.3, -0.25) is 5.10 Å². The fourth-order valence-corrected chi connectivity index (χ4v) is 3.33. The summed E-state index contributed by atoms with van der Waals surface area (Å²) in [6, 6.07) is 22.1. The zero-order valence-electron chi connectivity index (χ0n) is 17.6. The highest BCUT2D eigenvalue weighted by Gasteiger charge is 2.31. The predicted octanol–water partition coefficient (Wildman–Crippen LogP) is 5.89. The number of allylic oxidation sites excluding steroid dienone is 2. The van der Waals surface area contributed by atoms with Gasteiger partial charge >= 0.3 is 6.18 Å². The molecule has 0 saturated heterocycles. The van der Waals surface area contributed by atoms with Crippen LogP contribution < -0.4 is 5.73 Å². The second-order valence-corrected chi connectivity index (χ2v) is 7.52. The molecule has 0 unspecified atom stereocenters. The minimum Gasteiger partial charge on any atom is -0.395 e. The van der Waals surface area contributed by atoms with Gasteiger partial charge in [0.25, 0.3) is 0 Å². The number of aromatic nitrogens is 3. The van der Waals surface area contributed by atoms with Gasteiger partial charge in [-0.05, 0) is 54.5 Å². The summed E-state index contributed by atoms with van der Waals surface area (Å²) in [5.41, 5.74) is 9.46. The molecular weight excluding hydrogens is 427 g/mol. The third-order valence-electron chi connectivity index (χ3n) is 5.01. The maximum atomic E-state index is 12.7. The molecule has 0 aliphatic heterocycles. The van der Waals surface area contributed by atoms with Crippen LogP contribution in [-0.4, -0.2) is 27.1 Å². The van der Waals surface area contributed by atoms with Crippen molar-refractivity contribution in [3.8, 4) is 33.8 Å². The highest BCUT2D eigenvalue weighted by molar-refractivity contribution is 6.07. The molecule has 4 rings (SSSR count). The molecule has 2 heterocycles. The van der Waals surface area contributed by atoms with E-state index in [4.69, 9.17) is 16.1 Å².